The number of anilines is 2. The third-order valence-electron chi connectivity index (χ3n) is 2.32. The molecule has 17 heavy (non-hydrogen) atoms. The van der Waals surface area contributed by atoms with Gasteiger partial charge in [0.25, 0.3) is 0 Å². The summed E-state index contributed by atoms with van der Waals surface area (Å²) in [7, 11) is 0. The number of aromatic nitrogens is 2. The third kappa shape index (κ3) is 2.91. The Kier molecular flexibility index (Phi) is 4.25. The fourth-order valence-electron chi connectivity index (χ4n) is 1.41. The van der Waals surface area contributed by atoms with Crippen molar-refractivity contribution in [3.05, 3.63) is 16.6 Å². The second-order valence-corrected chi connectivity index (χ2v) is 6.10. The molecule has 0 aromatic carbocycles. The molecule has 7 heteroatoms. The largest absolute Gasteiger partial charge is 0.382 e. The van der Waals surface area contributed by atoms with E-state index in [4.69, 9.17) is 5.73 Å². The fourth-order valence-corrected chi connectivity index (χ4v) is 3.66. The summed E-state index contributed by atoms with van der Waals surface area (Å²) in [6, 6.07) is 0. The van der Waals surface area contributed by atoms with Gasteiger partial charge in [-0.05, 0) is 17.8 Å². The maximum atomic E-state index is 5.78. The van der Waals surface area contributed by atoms with E-state index in [0.717, 1.165) is 21.4 Å². The first kappa shape index (κ1) is 12.7. The highest BCUT2D eigenvalue weighted by Crippen LogP contribution is 2.35. The molecule has 0 bridgehead atoms. The molecule has 2 aromatic rings. The Balaban J connectivity index is 1.98. The van der Waals surface area contributed by atoms with E-state index in [1.165, 1.54) is 11.5 Å². The van der Waals surface area contributed by atoms with E-state index in [1.807, 2.05) is 17.8 Å². The molecule has 4 nitrogen and oxygen atoms in total. The van der Waals surface area contributed by atoms with Crippen LogP contribution in [0.4, 0.5) is 10.8 Å². The number of nitrogens with zero attached hydrogens (tertiary/aromatic N) is 2. The molecule has 2 aromatic heterocycles. The van der Waals surface area contributed by atoms with Gasteiger partial charge in [-0.3, -0.25) is 0 Å². The van der Waals surface area contributed by atoms with E-state index in [-0.39, 0.29) is 0 Å². The number of thioether (sulfide) groups is 1. The number of hydrogen-bond acceptors (Lipinski definition) is 7. The molecule has 1 atom stereocenters. The Morgan fingerprint density at radius 3 is 3.06 bits per heavy atom. The van der Waals surface area contributed by atoms with Crippen LogP contribution in [0.5, 0.6) is 0 Å². The number of hydrogen-bond donors (Lipinski definition) is 2. The lowest BCUT2D eigenvalue weighted by molar-refractivity contribution is 0.795. The molecule has 0 saturated carbocycles. The van der Waals surface area contributed by atoms with Crippen molar-refractivity contribution in [1.82, 2.24) is 9.36 Å². The van der Waals surface area contributed by atoms with Gasteiger partial charge in [-0.25, -0.2) is 4.98 Å². The summed E-state index contributed by atoms with van der Waals surface area (Å²) in [5.74, 6) is 1.01. The molecule has 0 fully saturated rings. The number of thiazole rings is 1. The van der Waals surface area contributed by atoms with E-state index in [2.05, 4.69) is 21.6 Å². The summed E-state index contributed by atoms with van der Waals surface area (Å²) >= 11 is 4.73. The highest BCUT2D eigenvalue weighted by atomic mass is 32.2. The second kappa shape index (κ2) is 5.70. The molecule has 0 radical (unpaired) electrons. The van der Waals surface area contributed by atoms with Gasteiger partial charge in [-0.2, -0.15) is 4.37 Å². The van der Waals surface area contributed by atoms with Crippen molar-refractivity contribution in [2.75, 3.05) is 23.9 Å². The standard InChI is InChI=1S/C10H14N4S3/c1-6(9-12-3-4-16-9)5-13-10-7(15-2)8(11)14-17-10/h3-4,6,13H,5H2,1-2H3,(H2,11,14). The Labute approximate surface area is 113 Å². The Hall–Kier alpha value is -0.790. The summed E-state index contributed by atoms with van der Waals surface area (Å²) in [4.78, 5) is 5.36. The van der Waals surface area contributed by atoms with Gasteiger partial charge in [0, 0.05) is 24.0 Å². The van der Waals surface area contributed by atoms with Crippen LogP contribution in [0.3, 0.4) is 0 Å². The van der Waals surface area contributed by atoms with Gasteiger partial charge in [0.2, 0.25) is 0 Å². The van der Waals surface area contributed by atoms with Gasteiger partial charge >= 0.3 is 0 Å². The van der Waals surface area contributed by atoms with Gasteiger partial charge in [0.1, 0.15) is 5.00 Å². The summed E-state index contributed by atoms with van der Waals surface area (Å²) < 4.78 is 4.15. The van der Waals surface area contributed by atoms with Gasteiger partial charge < -0.3 is 11.1 Å². The topological polar surface area (TPSA) is 63.8 Å². The van der Waals surface area contributed by atoms with Crippen LogP contribution >= 0.6 is 34.6 Å². The van der Waals surface area contributed by atoms with Gasteiger partial charge in [-0.1, -0.05) is 6.92 Å². The lowest BCUT2D eigenvalue weighted by atomic mass is 10.2. The van der Waals surface area contributed by atoms with Crippen LogP contribution in [-0.4, -0.2) is 22.2 Å². The molecule has 0 aliphatic heterocycles. The Morgan fingerprint density at radius 2 is 2.41 bits per heavy atom. The van der Waals surface area contributed by atoms with Crippen molar-refractivity contribution in [3.8, 4) is 0 Å². The zero-order valence-corrected chi connectivity index (χ0v) is 12.1. The SMILES string of the molecule is CSc1c(N)nsc1NCC(C)c1nccs1. The first-order chi connectivity index (χ1) is 8.22. The van der Waals surface area contributed by atoms with Crippen LogP contribution < -0.4 is 11.1 Å². The predicted octanol–water partition coefficient (Wildman–Crippen LogP) is 3.12. The zero-order valence-electron chi connectivity index (χ0n) is 9.64. The minimum Gasteiger partial charge on any atom is -0.382 e. The average molecular weight is 286 g/mol. The summed E-state index contributed by atoms with van der Waals surface area (Å²) in [5.41, 5.74) is 5.78. The minimum atomic E-state index is 0.396. The van der Waals surface area contributed by atoms with Gasteiger partial charge in [0.15, 0.2) is 5.82 Å². The van der Waals surface area contributed by atoms with Crippen molar-refractivity contribution >= 4 is 45.5 Å². The lowest BCUT2D eigenvalue weighted by Crippen LogP contribution is -2.09. The van der Waals surface area contributed by atoms with Crippen molar-refractivity contribution < 1.29 is 0 Å². The maximum absolute atomic E-state index is 5.78. The van der Waals surface area contributed by atoms with Crippen molar-refractivity contribution in [2.24, 2.45) is 0 Å². The molecule has 2 heterocycles. The first-order valence-corrected chi connectivity index (χ1v) is 8.02. The van der Waals surface area contributed by atoms with Crippen LogP contribution in [0.2, 0.25) is 0 Å². The molecule has 0 spiro atoms. The normalized spacial score (nSPS) is 12.6. The number of nitrogens with two attached hydrogens (primary N) is 1. The van der Waals surface area contributed by atoms with Crippen LogP contribution in [0.25, 0.3) is 0 Å². The predicted molar refractivity (Wildman–Crippen MR) is 77.3 cm³/mol. The smallest absolute Gasteiger partial charge is 0.153 e. The van der Waals surface area contributed by atoms with E-state index in [9.17, 15) is 0 Å². The van der Waals surface area contributed by atoms with Crippen LogP contribution in [0, 0.1) is 0 Å². The molecular weight excluding hydrogens is 272 g/mol. The molecule has 0 aliphatic carbocycles. The summed E-state index contributed by atoms with van der Waals surface area (Å²) in [5, 5.41) is 7.61. The monoisotopic (exact) mass is 286 g/mol. The maximum Gasteiger partial charge on any atom is 0.153 e. The molecule has 0 saturated heterocycles. The first-order valence-electron chi connectivity index (χ1n) is 5.14. The van der Waals surface area contributed by atoms with Crippen LogP contribution in [0.1, 0.15) is 17.8 Å². The fraction of sp³-hybridized carbons (Fsp3) is 0.400. The average Bonchev–Trinajstić information content (AvgIpc) is 2.95. The van der Waals surface area contributed by atoms with E-state index in [1.54, 1.807) is 23.1 Å². The number of nitrogens with one attached hydrogen (secondary N) is 1. The lowest BCUT2D eigenvalue weighted by Gasteiger charge is -2.10. The highest BCUT2D eigenvalue weighted by Gasteiger charge is 2.13. The van der Waals surface area contributed by atoms with E-state index < -0.39 is 0 Å². The minimum absolute atomic E-state index is 0.396. The molecular formula is C10H14N4S3. The summed E-state index contributed by atoms with van der Waals surface area (Å²) in [6.45, 7) is 3.01. The molecule has 1 unspecified atom stereocenters. The number of nitrogen functional groups attached to an aromatic ring is 1. The molecule has 2 rings (SSSR count). The molecule has 3 N–H and O–H groups in total. The molecule has 0 amide bonds. The van der Waals surface area contributed by atoms with Crippen molar-refractivity contribution in [3.63, 3.8) is 0 Å². The third-order valence-corrected chi connectivity index (χ3v) is 5.10. The Morgan fingerprint density at radius 1 is 1.59 bits per heavy atom. The van der Waals surface area contributed by atoms with Crippen molar-refractivity contribution in [1.29, 1.82) is 0 Å². The molecule has 0 aliphatic rings. The Bertz CT molecular complexity index is 466. The van der Waals surface area contributed by atoms with Gasteiger partial charge in [0.05, 0.1) is 9.90 Å². The van der Waals surface area contributed by atoms with Crippen LogP contribution in [0.15, 0.2) is 16.5 Å². The summed E-state index contributed by atoms with van der Waals surface area (Å²) in [6.07, 6.45) is 3.85. The van der Waals surface area contributed by atoms with E-state index in [0.29, 0.717) is 11.7 Å². The second-order valence-electron chi connectivity index (χ2n) is 3.58. The zero-order chi connectivity index (χ0) is 12.3. The quantitative estimate of drug-likeness (QED) is 0.827. The number of rotatable bonds is 5. The van der Waals surface area contributed by atoms with Crippen molar-refractivity contribution in [2.45, 2.75) is 17.7 Å². The molecule has 92 valence electrons. The highest BCUT2D eigenvalue weighted by molar-refractivity contribution is 7.99. The van der Waals surface area contributed by atoms with E-state index >= 15 is 0 Å². The van der Waals surface area contributed by atoms with Gasteiger partial charge in [-0.15, -0.1) is 23.1 Å². The van der Waals surface area contributed by atoms with Crippen LogP contribution in [-0.2, 0) is 0 Å².